The van der Waals surface area contributed by atoms with Gasteiger partial charge >= 0.3 is 0 Å². The molecular weight excluding hydrogens is 262 g/mol. The molecule has 1 N–H and O–H groups in total. The first-order valence-corrected chi connectivity index (χ1v) is 7.78. The molecule has 0 aromatic carbocycles. The summed E-state index contributed by atoms with van der Waals surface area (Å²) in [6, 6.07) is 4.71. The third-order valence-corrected chi connectivity index (χ3v) is 3.96. The van der Waals surface area contributed by atoms with Crippen LogP contribution in [0.15, 0.2) is 18.3 Å². The van der Waals surface area contributed by atoms with Crippen LogP contribution < -0.4 is 5.32 Å². The first kappa shape index (κ1) is 15.8. The van der Waals surface area contributed by atoms with Crippen LogP contribution in [0.3, 0.4) is 0 Å². The molecule has 5 nitrogen and oxygen atoms in total. The van der Waals surface area contributed by atoms with Crippen molar-refractivity contribution in [2.75, 3.05) is 0 Å². The monoisotopic (exact) mass is 289 g/mol. The van der Waals surface area contributed by atoms with Crippen molar-refractivity contribution in [2.24, 2.45) is 7.05 Å². The Balaban J connectivity index is 1.94. The van der Waals surface area contributed by atoms with E-state index in [9.17, 15) is 0 Å². The fraction of sp³-hybridized carbons (Fsp3) is 0.625. The third kappa shape index (κ3) is 3.73. The van der Waals surface area contributed by atoms with Crippen LogP contribution in [0.1, 0.15) is 63.2 Å². The molecule has 5 heteroatoms. The lowest BCUT2D eigenvalue weighted by molar-refractivity contribution is 0.450. The van der Waals surface area contributed by atoms with Crippen molar-refractivity contribution in [2.45, 2.75) is 59.2 Å². The van der Waals surface area contributed by atoms with E-state index in [4.69, 9.17) is 0 Å². The van der Waals surface area contributed by atoms with Gasteiger partial charge in [0.15, 0.2) is 0 Å². The minimum Gasteiger partial charge on any atom is -0.306 e. The van der Waals surface area contributed by atoms with E-state index in [2.05, 4.69) is 60.0 Å². The van der Waals surface area contributed by atoms with E-state index in [1.54, 1.807) is 0 Å². The maximum atomic E-state index is 4.54. The Kier molecular flexibility index (Phi) is 5.17. The number of aryl methyl sites for hydroxylation is 1. The molecular formula is C16H27N5. The van der Waals surface area contributed by atoms with Gasteiger partial charge in [-0.25, -0.2) is 0 Å². The van der Waals surface area contributed by atoms with Crippen molar-refractivity contribution in [1.29, 1.82) is 0 Å². The molecule has 0 radical (unpaired) electrons. The molecule has 2 aromatic rings. The van der Waals surface area contributed by atoms with Gasteiger partial charge in [-0.3, -0.25) is 9.36 Å². The standard InChI is InChI=1S/C16H27N5/c1-6-13(4)21-14(7-8-18-21)10-17-11-15-9-16(12(2)3)19-20(15)5/h7-9,12-13,17H,6,10-11H2,1-5H3/t13-/m0/s1. The Morgan fingerprint density at radius 1 is 1.19 bits per heavy atom. The maximum Gasteiger partial charge on any atom is 0.0653 e. The van der Waals surface area contributed by atoms with E-state index in [0.29, 0.717) is 12.0 Å². The lowest BCUT2D eigenvalue weighted by atomic mass is 10.1. The van der Waals surface area contributed by atoms with Crippen LogP contribution in [0.4, 0.5) is 0 Å². The summed E-state index contributed by atoms with van der Waals surface area (Å²) in [5.41, 5.74) is 3.60. The van der Waals surface area contributed by atoms with Crippen LogP contribution >= 0.6 is 0 Å². The van der Waals surface area contributed by atoms with Gasteiger partial charge in [0.2, 0.25) is 0 Å². The fourth-order valence-corrected chi connectivity index (χ4v) is 2.35. The molecule has 21 heavy (non-hydrogen) atoms. The van der Waals surface area contributed by atoms with E-state index >= 15 is 0 Å². The molecule has 0 spiro atoms. The molecule has 0 bridgehead atoms. The summed E-state index contributed by atoms with van der Waals surface area (Å²) in [4.78, 5) is 0. The Morgan fingerprint density at radius 3 is 2.52 bits per heavy atom. The first-order chi connectivity index (χ1) is 10.0. The molecule has 116 valence electrons. The van der Waals surface area contributed by atoms with Crippen molar-refractivity contribution >= 4 is 0 Å². The highest BCUT2D eigenvalue weighted by Crippen LogP contribution is 2.14. The highest BCUT2D eigenvalue weighted by atomic mass is 15.3. The molecule has 0 amide bonds. The molecule has 0 aliphatic rings. The molecule has 1 atom stereocenters. The van der Waals surface area contributed by atoms with Gasteiger partial charge in [-0.05, 0) is 31.4 Å². The summed E-state index contributed by atoms with van der Waals surface area (Å²) in [5.74, 6) is 0.469. The van der Waals surface area contributed by atoms with E-state index < -0.39 is 0 Å². The smallest absolute Gasteiger partial charge is 0.0653 e. The zero-order valence-electron chi connectivity index (χ0n) is 13.8. The lowest BCUT2D eigenvalue weighted by Gasteiger charge is -2.14. The van der Waals surface area contributed by atoms with E-state index in [-0.39, 0.29) is 0 Å². The molecule has 0 aliphatic carbocycles. The Bertz CT molecular complexity index is 567. The normalized spacial score (nSPS) is 13.0. The summed E-state index contributed by atoms with van der Waals surface area (Å²) in [7, 11) is 2.01. The Labute approximate surface area is 127 Å². The van der Waals surface area contributed by atoms with Gasteiger partial charge in [0, 0.05) is 32.4 Å². The number of hydrogen-bond acceptors (Lipinski definition) is 3. The van der Waals surface area contributed by atoms with Crippen LogP contribution in [0.25, 0.3) is 0 Å². The van der Waals surface area contributed by atoms with Crippen LogP contribution in [0.5, 0.6) is 0 Å². The predicted molar refractivity (Wildman–Crippen MR) is 85.1 cm³/mol. The minimum absolute atomic E-state index is 0.445. The minimum atomic E-state index is 0.445. The van der Waals surface area contributed by atoms with Crippen LogP contribution in [-0.4, -0.2) is 19.6 Å². The average Bonchev–Trinajstić information content (AvgIpc) is 3.05. The zero-order chi connectivity index (χ0) is 15.4. The third-order valence-electron chi connectivity index (χ3n) is 3.96. The molecule has 0 saturated heterocycles. The molecule has 2 heterocycles. The Hall–Kier alpha value is -1.62. The maximum absolute atomic E-state index is 4.54. The topological polar surface area (TPSA) is 47.7 Å². The van der Waals surface area contributed by atoms with Crippen molar-refractivity contribution < 1.29 is 0 Å². The van der Waals surface area contributed by atoms with Crippen LogP contribution in [-0.2, 0) is 20.1 Å². The second kappa shape index (κ2) is 6.89. The van der Waals surface area contributed by atoms with E-state index in [1.165, 1.54) is 11.4 Å². The summed E-state index contributed by atoms with van der Waals surface area (Å²) in [6.45, 7) is 10.4. The number of rotatable bonds is 7. The highest BCUT2D eigenvalue weighted by Gasteiger charge is 2.10. The molecule has 0 unspecified atom stereocenters. The summed E-state index contributed by atoms with van der Waals surface area (Å²) in [5, 5.41) is 12.5. The van der Waals surface area contributed by atoms with Gasteiger partial charge in [-0.2, -0.15) is 10.2 Å². The van der Waals surface area contributed by atoms with Gasteiger partial charge < -0.3 is 5.32 Å². The average molecular weight is 289 g/mol. The molecule has 0 aliphatic heterocycles. The highest BCUT2D eigenvalue weighted by molar-refractivity contribution is 5.13. The fourth-order valence-electron chi connectivity index (χ4n) is 2.35. The number of nitrogens with one attached hydrogen (secondary N) is 1. The van der Waals surface area contributed by atoms with Crippen molar-refractivity contribution in [3.63, 3.8) is 0 Å². The lowest BCUT2D eigenvalue weighted by Crippen LogP contribution is -2.19. The molecule has 2 aromatic heterocycles. The van der Waals surface area contributed by atoms with Gasteiger partial charge in [0.1, 0.15) is 0 Å². The number of nitrogens with zero attached hydrogens (tertiary/aromatic N) is 4. The molecule has 2 rings (SSSR count). The SMILES string of the molecule is CC[C@H](C)n1nccc1CNCc1cc(C(C)C)nn1C. The van der Waals surface area contributed by atoms with Crippen molar-refractivity contribution in [1.82, 2.24) is 24.9 Å². The second-order valence-electron chi connectivity index (χ2n) is 5.97. The summed E-state index contributed by atoms with van der Waals surface area (Å²) in [6.07, 6.45) is 2.97. The van der Waals surface area contributed by atoms with Gasteiger partial charge in [-0.15, -0.1) is 0 Å². The Morgan fingerprint density at radius 2 is 1.90 bits per heavy atom. The summed E-state index contributed by atoms with van der Waals surface area (Å²) < 4.78 is 4.07. The largest absolute Gasteiger partial charge is 0.306 e. The van der Waals surface area contributed by atoms with Crippen LogP contribution in [0.2, 0.25) is 0 Å². The predicted octanol–water partition coefficient (Wildman–Crippen LogP) is 3.00. The molecule has 0 saturated carbocycles. The second-order valence-corrected chi connectivity index (χ2v) is 5.97. The summed E-state index contributed by atoms with van der Waals surface area (Å²) >= 11 is 0. The molecule has 0 fully saturated rings. The number of hydrogen-bond donors (Lipinski definition) is 1. The quantitative estimate of drug-likeness (QED) is 0.852. The van der Waals surface area contributed by atoms with E-state index in [0.717, 1.165) is 25.2 Å². The van der Waals surface area contributed by atoms with Crippen LogP contribution in [0, 0.1) is 0 Å². The van der Waals surface area contributed by atoms with Gasteiger partial charge in [-0.1, -0.05) is 20.8 Å². The van der Waals surface area contributed by atoms with Gasteiger partial charge in [0.25, 0.3) is 0 Å². The van der Waals surface area contributed by atoms with Crippen molar-refractivity contribution in [3.8, 4) is 0 Å². The number of aromatic nitrogens is 4. The van der Waals surface area contributed by atoms with E-state index in [1.807, 2.05) is 17.9 Å². The van der Waals surface area contributed by atoms with Gasteiger partial charge in [0.05, 0.1) is 17.1 Å². The first-order valence-electron chi connectivity index (χ1n) is 7.78. The zero-order valence-corrected chi connectivity index (χ0v) is 13.8. The van der Waals surface area contributed by atoms with Crippen molar-refractivity contribution in [3.05, 3.63) is 35.4 Å².